The number of carbonyl (C=O) groups is 2. The highest BCUT2D eigenvalue weighted by molar-refractivity contribution is 6.32. The van der Waals surface area contributed by atoms with Gasteiger partial charge in [0.2, 0.25) is 11.9 Å². The number of hydrogen-bond donors (Lipinski definition) is 1. The van der Waals surface area contributed by atoms with E-state index in [1.807, 2.05) is 0 Å². The van der Waals surface area contributed by atoms with Crippen molar-refractivity contribution in [2.24, 2.45) is 5.92 Å². The summed E-state index contributed by atoms with van der Waals surface area (Å²) in [6.45, 7) is 1.90. The number of aromatic nitrogens is 4. The number of likely N-dealkylation sites (tertiary alicyclic amines) is 1. The third-order valence-electron chi connectivity index (χ3n) is 8.61. The molecule has 9 nitrogen and oxygen atoms in total. The third kappa shape index (κ3) is 6.31. The minimum atomic E-state index is -1.43. The van der Waals surface area contributed by atoms with E-state index in [0.29, 0.717) is 33.9 Å². The fourth-order valence-corrected chi connectivity index (χ4v) is 6.39. The molecule has 1 aliphatic carbocycles. The van der Waals surface area contributed by atoms with Gasteiger partial charge in [-0.3, -0.25) is 4.79 Å². The lowest BCUT2D eigenvalue weighted by atomic mass is 9.86. The van der Waals surface area contributed by atoms with Gasteiger partial charge in [-0.25, -0.2) is 14.8 Å². The Labute approximate surface area is 259 Å². The Morgan fingerprint density at radius 2 is 1.75 bits per heavy atom. The first kappa shape index (κ1) is 29.7. The van der Waals surface area contributed by atoms with Crippen molar-refractivity contribution in [3.8, 4) is 23.0 Å². The van der Waals surface area contributed by atoms with Crippen molar-refractivity contribution in [2.45, 2.75) is 57.5 Å². The lowest BCUT2D eigenvalue weighted by Gasteiger charge is -2.35. The molecule has 0 atom stereocenters. The zero-order chi connectivity index (χ0) is 30.6. The van der Waals surface area contributed by atoms with Crippen molar-refractivity contribution in [3.05, 3.63) is 88.6 Å². The van der Waals surface area contributed by atoms with Crippen LogP contribution < -0.4 is 4.74 Å². The highest BCUT2D eigenvalue weighted by Crippen LogP contribution is 2.36. The van der Waals surface area contributed by atoms with E-state index in [9.17, 15) is 14.0 Å². The number of benzene rings is 2. The van der Waals surface area contributed by atoms with E-state index < -0.39 is 17.5 Å². The first-order valence-corrected chi connectivity index (χ1v) is 15.4. The lowest BCUT2D eigenvalue weighted by Crippen LogP contribution is -2.41. The van der Waals surface area contributed by atoms with E-state index in [1.165, 1.54) is 31.0 Å². The molecule has 0 radical (unpaired) electrons. The van der Waals surface area contributed by atoms with Crippen LogP contribution in [0, 0.1) is 11.9 Å². The molecule has 1 N–H and O–H groups in total. The van der Waals surface area contributed by atoms with Gasteiger partial charge in [-0.2, -0.15) is 14.2 Å². The summed E-state index contributed by atoms with van der Waals surface area (Å²) in [5.41, 5.74) is 2.63. The predicted octanol–water partition coefficient (Wildman–Crippen LogP) is 6.69. The highest BCUT2D eigenvalue weighted by Gasteiger charge is 2.29. The number of ether oxygens (including phenoxy) is 1. The van der Waals surface area contributed by atoms with Gasteiger partial charge in [0.05, 0.1) is 16.9 Å². The summed E-state index contributed by atoms with van der Waals surface area (Å²) in [7, 11) is 0. The summed E-state index contributed by atoms with van der Waals surface area (Å²) >= 11 is 6.54. The number of carboxylic acids is 1. The van der Waals surface area contributed by atoms with E-state index in [2.05, 4.69) is 44.2 Å². The second-order valence-electron chi connectivity index (χ2n) is 11.4. The Balaban J connectivity index is 1.11. The number of carbonyl (C=O) groups excluding carboxylic acids is 1. The van der Waals surface area contributed by atoms with Crippen molar-refractivity contribution in [1.82, 2.24) is 24.6 Å². The molecule has 2 fully saturated rings. The maximum atomic E-state index is 14.6. The van der Waals surface area contributed by atoms with E-state index in [4.69, 9.17) is 21.4 Å². The molecular formula is C33H33ClFN5O4. The fraction of sp³-hybridized carbons (Fsp3) is 0.364. The zero-order valence-corrected chi connectivity index (χ0v) is 24.9. The lowest BCUT2D eigenvalue weighted by molar-refractivity contribution is -0.137. The molecule has 1 amide bonds. The van der Waals surface area contributed by atoms with Crippen LogP contribution in [-0.2, 0) is 11.4 Å². The van der Waals surface area contributed by atoms with Crippen LogP contribution in [0.25, 0.3) is 17.2 Å². The Morgan fingerprint density at radius 3 is 2.45 bits per heavy atom. The van der Waals surface area contributed by atoms with Crippen LogP contribution in [0.1, 0.15) is 72.3 Å². The average Bonchev–Trinajstić information content (AvgIpc) is 3.46. The Kier molecular flexibility index (Phi) is 8.88. The van der Waals surface area contributed by atoms with Crippen LogP contribution in [0.4, 0.5) is 4.39 Å². The fourth-order valence-electron chi connectivity index (χ4n) is 6.16. The molecule has 2 aromatic carbocycles. The molecule has 0 unspecified atom stereocenters. The number of halogens is 2. The highest BCUT2D eigenvalue weighted by atomic mass is 35.5. The molecule has 2 aromatic heterocycles. The van der Waals surface area contributed by atoms with Crippen LogP contribution in [-0.4, -0.2) is 54.7 Å². The van der Waals surface area contributed by atoms with Gasteiger partial charge in [0.15, 0.2) is 0 Å². The molecule has 2 aliphatic rings. The molecule has 1 aliphatic heterocycles. The summed E-state index contributed by atoms with van der Waals surface area (Å²) < 4.78 is 21.5. The Hall–Kier alpha value is -4.31. The first-order valence-electron chi connectivity index (χ1n) is 15.0. The summed E-state index contributed by atoms with van der Waals surface area (Å²) in [4.78, 5) is 34.7. The quantitative estimate of drug-likeness (QED) is 0.235. The summed E-state index contributed by atoms with van der Waals surface area (Å²) in [5.74, 6) is -1.22. The van der Waals surface area contributed by atoms with Crippen molar-refractivity contribution in [1.29, 1.82) is 0 Å². The molecule has 0 spiro atoms. The maximum Gasteiger partial charge on any atom is 0.342 e. The Morgan fingerprint density at radius 1 is 1.00 bits per heavy atom. The van der Waals surface area contributed by atoms with E-state index in [1.54, 1.807) is 24.3 Å². The van der Waals surface area contributed by atoms with Crippen molar-refractivity contribution in [3.63, 3.8) is 0 Å². The van der Waals surface area contributed by atoms with Gasteiger partial charge in [0, 0.05) is 30.8 Å². The van der Waals surface area contributed by atoms with Gasteiger partial charge in [-0.1, -0.05) is 61.2 Å². The van der Waals surface area contributed by atoms with Gasteiger partial charge >= 0.3 is 5.97 Å². The van der Waals surface area contributed by atoms with Crippen molar-refractivity contribution in [2.75, 3.05) is 13.1 Å². The number of carboxylic acid groups (broad SMARTS) is 1. The predicted molar refractivity (Wildman–Crippen MR) is 162 cm³/mol. The average molecular weight is 618 g/mol. The van der Waals surface area contributed by atoms with Crippen LogP contribution >= 0.6 is 11.6 Å². The second-order valence-corrected chi connectivity index (χ2v) is 11.8. The number of aromatic carboxylic acids is 1. The van der Waals surface area contributed by atoms with Gasteiger partial charge < -0.3 is 14.7 Å². The monoisotopic (exact) mass is 617 g/mol. The normalized spacial score (nSPS) is 16.2. The van der Waals surface area contributed by atoms with Crippen LogP contribution in [0.5, 0.6) is 5.75 Å². The molecule has 11 heteroatoms. The molecule has 6 rings (SSSR count). The van der Waals surface area contributed by atoms with Crippen molar-refractivity contribution < 1.29 is 23.8 Å². The molecule has 3 heterocycles. The number of rotatable bonds is 8. The minimum Gasteiger partial charge on any atom is -0.487 e. The molecule has 1 saturated carbocycles. The van der Waals surface area contributed by atoms with Gasteiger partial charge in [0.1, 0.15) is 17.9 Å². The molecule has 44 heavy (non-hydrogen) atoms. The maximum absolute atomic E-state index is 14.6. The third-order valence-corrected chi connectivity index (χ3v) is 8.91. The number of piperidine rings is 1. The van der Waals surface area contributed by atoms with Crippen LogP contribution in [0.3, 0.4) is 0 Å². The molecule has 228 valence electrons. The number of para-hydroxylation sites is 1. The first-order chi connectivity index (χ1) is 21.4. The van der Waals surface area contributed by atoms with E-state index >= 15 is 0 Å². The van der Waals surface area contributed by atoms with Crippen LogP contribution in [0.15, 0.2) is 60.9 Å². The largest absolute Gasteiger partial charge is 0.487 e. The van der Waals surface area contributed by atoms with E-state index in [0.717, 1.165) is 55.2 Å². The van der Waals surface area contributed by atoms with Gasteiger partial charge in [-0.05, 0) is 60.9 Å². The van der Waals surface area contributed by atoms with Gasteiger partial charge in [0.25, 0.3) is 5.95 Å². The summed E-state index contributed by atoms with van der Waals surface area (Å²) in [6, 6.07) is 15.2. The molecular weight excluding hydrogens is 585 g/mol. The summed E-state index contributed by atoms with van der Waals surface area (Å²) in [6.07, 6.45) is 9.96. The zero-order valence-electron chi connectivity index (χ0n) is 24.2. The van der Waals surface area contributed by atoms with E-state index in [-0.39, 0.29) is 18.5 Å². The topological polar surface area (TPSA) is 110 Å². The summed E-state index contributed by atoms with van der Waals surface area (Å²) in [5, 5.41) is 13.3. The van der Waals surface area contributed by atoms with Crippen LogP contribution in [0.2, 0.25) is 5.02 Å². The van der Waals surface area contributed by atoms with Gasteiger partial charge in [-0.15, -0.1) is 0 Å². The SMILES string of the molecule is O=C(O)c1cnn(-c2nccc(-c3cccc(Cl)c3OCc3ccc(C4CCN(C(=O)C5CCCCC5)CC4)cc3)n2)c1F. The molecule has 1 saturated heterocycles. The number of amides is 1. The molecule has 0 bridgehead atoms. The minimum absolute atomic E-state index is 0.127. The smallest absolute Gasteiger partial charge is 0.342 e. The molecule has 4 aromatic rings. The standard InChI is InChI=1S/C33H33ClFN5O4/c34-27-8-4-7-25(28-13-16-36-33(38-28)40-30(35)26(19-37-40)32(42)43)29(27)44-20-21-9-11-22(12-10-21)23-14-17-39(18-15-23)31(41)24-5-2-1-3-6-24/h4,7-13,16,19,23-24H,1-3,5-6,14-15,17-18,20H2,(H,42,43). The Bertz CT molecular complexity index is 1650. The second kappa shape index (κ2) is 13.1. The van der Waals surface area contributed by atoms with Crippen molar-refractivity contribution >= 4 is 23.5 Å². The number of hydrogen-bond acceptors (Lipinski definition) is 6. The number of nitrogens with zero attached hydrogens (tertiary/aromatic N) is 5.